The van der Waals surface area contributed by atoms with Gasteiger partial charge in [-0.2, -0.15) is 0 Å². The van der Waals surface area contributed by atoms with E-state index in [1.54, 1.807) is 11.0 Å². The largest absolute Gasteiger partial charge is 0.492 e. The lowest BCUT2D eigenvalue weighted by molar-refractivity contribution is -0.122. The molecule has 4 heterocycles. The lowest BCUT2D eigenvalue weighted by atomic mass is 9.93. The second-order valence-corrected chi connectivity index (χ2v) is 11.2. The normalized spacial score (nSPS) is 18.0. The van der Waals surface area contributed by atoms with Gasteiger partial charge in [0, 0.05) is 48.2 Å². The van der Waals surface area contributed by atoms with E-state index in [2.05, 4.69) is 9.88 Å². The van der Waals surface area contributed by atoms with Crippen molar-refractivity contribution < 1.29 is 28.2 Å². The molecule has 1 N–H and O–H groups in total. The molecule has 9 heteroatoms. The molecule has 0 aliphatic carbocycles. The van der Waals surface area contributed by atoms with E-state index in [1.165, 1.54) is 6.07 Å². The van der Waals surface area contributed by atoms with Crippen molar-refractivity contribution in [2.75, 3.05) is 19.7 Å². The Balaban J connectivity index is 1.41. The van der Waals surface area contributed by atoms with E-state index in [-0.39, 0.29) is 28.8 Å². The Morgan fingerprint density at radius 3 is 2.51 bits per heavy atom. The van der Waals surface area contributed by atoms with Gasteiger partial charge in [-0.05, 0) is 51.3 Å². The van der Waals surface area contributed by atoms with Crippen LogP contribution in [0.25, 0.3) is 22.0 Å². The van der Waals surface area contributed by atoms with Crippen LogP contribution in [-0.4, -0.2) is 52.7 Å². The molecule has 8 nitrogen and oxygen atoms in total. The van der Waals surface area contributed by atoms with Gasteiger partial charge >= 0.3 is 6.09 Å². The molecule has 0 spiro atoms. The predicted molar refractivity (Wildman–Crippen MR) is 144 cm³/mol. The van der Waals surface area contributed by atoms with Crippen molar-refractivity contribution in [3.63, 3.8) is 0 Å². The third kappa shape index (κ3) is 4.35. The number of rotatable bonds is 3. The number of halogens is 1. The predicted octanol–water partition coefficient (Wildman–Crippen LogP) is 4.85. The molecule has 1 fully saturated rings. The minimum Gasteiger partial charge on any atom is -0.492 e. The maximum Gasteiger partial charge on any atom is 0.410 e. The Labute approximate surface area is 225 Å². The summed E-state index contributed by atoms with van der Waals surface area (Å²) in [5, 5.41) is 3.17. The van der Waals surface area contributed by atoms with Crippen LogP contribution in [0.5, 0.6) is 5.75 Å². The van der Waals surface area contributed by atoms with Gasteiger partial charge < -0.3 is 18.9 Å². The first-order valence-electron chi connectivity index (χ1n) is 13.2. The maximum atomic E-state index is 15.2. The first-order valence-corrected chi connectivity index (χ1v) is 13.2. The first-order chi connectivity index (χ1) is 18.6. The molecule has 0 unspecified atom stereocenters. The van der Waals surface area contributed by atoms with Crippen molar-refractivity contribution in [1.82, 2.24) is 14.8 Å². The van der Waals surface area contributed by atoms with Crippen molar-refractivity contribution in [2.24, 2.45) is 0 Å². The number of carbonyl (C=O) groups is 3. The number of para-hydroxylation sites is 1. The number of fused-ring (bicyclic) bond motifs is 2. The number of nitrogens with one attached hydrogen (secondary N) is 1. The number of hydrogen-bond donors (Lipinski definition) is 1. The average Bonchev–Trinajstić information content (AvgIpc) is 3.58. The Bertz CT molecular complexity index is 1560. The summed E-state index contributed by atoms with van der Waals surface area (Å²) in [5.74, 6) is -1.48. The van der Waals surface area contributed by atoms with Gasteiger partial charge in [-0.1, -0.05) is 24.3 Å². The number of nitrogens with zero attached hydrogens (tertiary/aromatic N) is 2. The third-order valence-corrected chi connectivity index (χ3v) is 7.51. The van der Waals surface area contributed by atoms with Crippen LogP contribution in [0.1, 0.15) is 56.3 Å². The van der Waals surface area contributed by atoms with E-state index < -0.39 is 23.2 Å². The number of piperidine rings is 1. The van der Waals surface area contributed by atoms with Crippen molar-refractivity contribution >= 4 is 40.0 Å². The van der Waals surface area contributed by atoms with Crippen LogP contribution in [0.4, 0.5) is 9.18 Å². The molecule has 0 atom stereocenters. The highest BCUT2D eigenvalue weighted by atomic mass is 19.1. The molecular formula is C30H30FN3O5. The molecule has 0 saturated carbocycles. The fraction of sp³-hybridized carbons (Fsp3) is 0.367. The first kappa shape index (κ1) is 25.2. The number of likely N-dealkylation sites (tertiary alicyclic amines) is 1. The van der Waals surface area contributed by atoms with Gasteiger partial charge in [0.15, 0.2) is 0 Å². The van der Waals surface area contributed by atoms with Gasteiger partial charge in [0.2, 0.25) is 0 Å². The van der Waals surface area contributed by atoms with Gasteiger partial charge in [0.1, 0.15) is 17.2 Å². The number of ether oxygens (including phenoxy) is 2. The molecule has 3 aromatic rings. The van der Waals surface area contributed by atoms with Crippen molar-refractivity contribution in [2.45, 2.75) is 51.7 Å². The number of carbonyl (C=O) groups excluding carboxylic acids is 3. The van der Waals surface area contributed by atoms with Crippen molar-refractivity contribution in [3.8, 4) is 5.75 Å². The quantitative estimate of drug-likeness (QED) is 0.488. The number of amides is 3. The average molecular weight is 532 g/mol. The zero-order valence-corrected chi connectivity index (χ0v) is 22.2. The van der Waals surface area contributed by atoms with Gasteiger partial charge in [-0.3, -0.25) is 14.9 Å². The molecule has 1 aromatic heterocycles. The SMILES string of the molecule is CC(C)(C)OC(=O)N1CCC(n2cc(C3=C(c4c(F)ccc5c4OCC5)C(=O)NC3=O)c3ccccc32)CC1. The Morgan fingerprint density at radius 1 is 1.05 bits per heavy atom. The zero-order chi connectivity index (χ0) is 27.5. The monoisotopic (exact) mass is 531 g/mol. The van der Waals surface area contributed by atoms with Gasteiger partial charge in [-0.25, -0.2) is 9.18 Å². The number of hydrogen-bond acceptors (Lipinski definition) is 5. The summed E-state index contributed by atoms with van der Waals surface area (Å²) in [6.07, 6.45) is 3.57. The zero-order valence-electron chi connectivity index (χ0n) is 22.2. The van der Waals surface area contributed by atoms with E-state index >= 15 is 4.39 Å². The Hall–Kier alpha value is -4.14. The third-order valence-electron chi connectivity index (χ3n) is 7.51. The highest BCUT2D eigenvalue weighted by Crippen LogP contribution is 2.43. The van der Waals surface area contributed by atoms with Crippen LogP contribution in [-0.2, 0) is 20.7 Å². The van der Waals surface area contributed by atoms with Crippen LogP contribution < -0.4 is 10.1 Å². The highest BCUT2D eigenvalue weighted by Gasteiger charge is 2.38. The van der Waals surface area contributed by atoms with Crippen LogP contribution in [0.2, 0.25) is 0 Å². The molecule has 202 valence electrons. The minimum atomic E-state index is -0.639. The van der Waals surface area contributed by atoms with E-state index in [1.807, 2.05) is 51.2 Å². The van der Waals surface area contributed by atoms with E-state index in [9.17, 15) is 14.4 Å². The molecule has 1 saturated heterocycles. The molecule has 6 rings (SSSR count). The number of benzene rings is 2. The maximum absolute atomic E-state index is 15.2. The molecular weight excluding hydrogens is 501 g/mol. The summed E-state index contributed by atoms with van der Waals surface area (Å²) in [6, 6.07) is 10.7. The fourth-order valence-corrected chi connectivity index (χ4v) is 5.77. The smallest absolute Gasteiger partial charge is 0.410 e. The van der Waals surface area contributed by atoms with E-state index in [4.69, 9.17) is 9.47 Å². The lowest BCUT2D eigenvalue weighted by Crippen LogP contribution is -2.42. The van der Waals surface area contributed by atoms with E-state index in [0.717, 1.165) is 16.5 Å². The highest BCUT2D eigenvalue weighted by molar-refractivity contribution is 6.50. The lowest BCUT2D eigenvalue weighted by Gasteiger charge is -2.34. The Morgan fingerprint density at radius 2 is 1.77 bits per heavy atom. The molecule has 0 bridgehead atoms. The minimum absolute atomic E-state index is 0.00102. The topological polar surface area (TPSA) is 89.9 Å². The number of imide groups is 1. The molecule has 3 aliphatic heterocycles. The van der Waals surface area contributed by atoms with Gasteiger partial charge in [0.25, 0.3) is 11.8 Å². The summed E-state index contributed by atoms with van der Waals surface area (Å²) in [6.45, 7) is 7.00. The molecule has 3 amide bonds. The van der Waals surface area contributed by atoms with Crippen LogP contribution in [0, 0.1) is 5.82 Å². The summed E-state index contributed by atoms with van der Waals surface area (Å²) >= 11 is 0. The van der Waals surface area contributed by atoms with Gasteiger partial charge in [-0.15, -0.1) is 0 Å². The summed E-state index contributed by atoms with van der Waals surface area (Å²) in [7, 11) is 0. The molecule has 0 radical (unpaired) electrons. The van der Waals surface area contributed by atoms with Crippen molar-refractivity contribution in [1.29, 1.82) is 0 Å². The number of aromatic nitrogens is 1. The second-order valence-electron chi connectivity index (χ2n) is 11.2. The Kier molecular flexibility index (Phi) is 5.97. The standard InChI is InChI=1S/C30H30FN3O5/c1-30(2,3)39-29(37)33-13-10-18(11-14-33)34-16-20(19-6-4-5-7-22(19)34)23-25(28(36)32-27(23)35)24-21(31)9-8-17-12-15-38-26(17)24/h4-9,16,18H,10-15H2,1-3H3,(H,32,35,36). The van der Waals surface area contributed by atoms with Crippen LogP contribution in [0.15, 0.2) is 42.6 Å². The van der Waals surface area contributed by atoms with Crippen LogP contribution >= 0.6 is 0 Å². The molecule has 3 aliphatic rings. The van der Waals surface area contributed by atoms with E-state index in [0.29, 0.717) is 50.3 Å². The van der Waals surface area contributed by atoms with Gasteiger partial charge in [0.05, 0.1) is 23.3 Å². The van der Waals surface area contributed by atoms with Crippen LogP contribution in [0.3, 0.4) is 0 Å². The van der Waals surface area contributed by atoms with Crippen molar-refractivity contribution in [3.05, 3.63) is 65.1 Å². The fourth-order valence-electron chi connectivity index (χ4n) is 5.77. The summed E-state index contributed by atoms with van der Waals surface area (Å²) in [5.41, 5.74) is 1.89. The molecule has 39 heavy (non-hydrogen) atoms. The molecule has 2 aromatic carbocycles. The summed E-state index contributed by atoms with van der Waals surface area (Å²) < 4.78 is 28.6. The second kappa shape index (κ2) is 9.25. The summed E-state index contributed by atoms with van der Waals surface area (Å²) in [4.78, 5) is 40.6.